The van der Waals surface area contributed by atoms with Gasteiger partial charge < -0.3 is 20.1 Å². The maximum Gasteiger partial charge on any atom is 0.379 e. The summed E-state index contributed by atoms with van der Waals surface area (Å²) in [5, 5.41) is 12.4. The number of carbonyl (C=O) groups is 3. The van der Waals surface area contributed by atoms with E-state index in [1.807, 2.05) is 9.80 Å². The highest BCUT2D eigenvalue weighted by atomic mass is 19.4. The maximum atomic E-state index is 15.1. The van der Waals surface area contributed by atoms with Crippen LogP contribution in [0.5, 0.6) is 0 Å². The lowest BCUT2D eigenvalue weighted by Gasteiger charge is -2.43. The summed E-state index contributed by atoms with van der Waals surface area (Å²) in [5.41, 5.74) is 0. The Morgan fingerprint density at radius 2 is 1.59 bits per heavy atom. The van der Waals surface area contributed by atoms with Crippen LogP contribution in [-0.2, 0) is 19.1 Å². The van der Waals surface area contributed by atoms with E-state index in [9.17, 15) is 32.7 Å². The molecular formula is C31H46F5N3O5. The standard InChI is InChI=1S/C30H45F2N3O5.CHF3/c31-23-16-22(34-10-12-40-13-11-34)17-24(32)28(23)29(37)33-25(30(38)39)15-19-4-3-5-20(14-19)18-35-26-7-2-1-6-21(26)8-9-27(35)36;2-1(3)4/h8-9,19-26,28H,1-7,10-18H2,(H,33,37)(H,38,39);1H. The summed E-state index contributed by atoms with van der Waals surface area (Å²) in [7, 11) is 0. The molecule has 4 fully saturated rings. The van der Waals surface area contributed by atoms with Crippen LogP contribution in [0, 0.1) is 23.7 Å². The number of halogens is 5. The summed E-state index contributed by atoms with van der Waals surface area (Å²) in [6.45, 7) is -0.681. The lowest BCUT2D eigenvalue weighted by Crippen LogP contribution is -2.55. The molecule has 0 spiro atoms. The van der Waals surface area contributed by atoms with Crippen molar-refractivity contribution in [3.8, 4) is 0 Å². The number of ether oxygens (including phenoxy) is 1. The fourth-order valence-corrected chi connectivity index (χ4v) is 8.03. The number of alkyl halides is 5. The van der Waals surface area contributed by atoms with E-state index < -0.39 is 42.9 Å². The van der Waals surface area contributed by atoms with E-state index >= 15 is 8.78 Å². The molecule has 0 radical (unpaired) electrons. The van der Waals surface area contributed by atoms with Gasteiger partial charge in [-0.05, 0) is 68.8 Å². The number of morpholine rings is 1. The van der Waals surface area contributed by atoms with Crippen molar-refractivity contribution in [2.75, 3.05) is 32.8 Å². The van der Waals surface area contributed by atoms with Gasteiger partial charge >= 0.3 is 12.6 Å². The average Bonchev–Trinajstić information content (AvgIpc) is 2.98. The van der Waals surface area contributed by atoms with Gasteiger partial charge in [-0.1, -0.05) is 31.8 Å². The zero-order chi connectivity index (χ0) is 31.8. The molecule has 44 heavy (non-hydrogen) atoms. The van der Waals surface area contributed by atoms with E-state index in [-0.39, 0.29) is 49.1 Å². The molecule has 13 heteroatoms. The Morgan fingerprint density at radius 1 is 0.955 bits per heavy atom. The van der Waals surface area contributed by atoms with Gasteiger partial charge in [-0.2, -0.15) is 13.2 Å². The fourth-order valence-electron chi connectivity index (χ4n) is 8.03. The van der Waals surface area contributed by atoms with Crippen molar-refractivity contribution in [2.24, 2.45) is 23.7 Å². The predicted molar refractivity (Wildman–Crippen MR) is 152 cm³/mol. The second-order valence-corrected chi connectivity index (χ2v) is 13.0. The molecule has 0 aromatic carbocycles. The van der Waals surface area contributed by atoms with Crippen molar-refractivity contribution in [1.82, 2.24) is 15.1 Å². The normalized spacial score (nSPS) is 35.3. The number of aliphatic carboxylic acids is 1. The monoisotopic (exact) mass is 635 g/mol. The van der Waals surface area contributed by atoms with Gasteiger partial charge in [0, 0.05) is 31.7 Å². The zero-order valence-corrected chi connectivity index (χ0v) is 25.1. The van der Waals surface area contributed by atoms with Crippen LogP contribution in [0.25, 0.3) is 0 Å². The summed E-state index contributed by atoms with van der Waals surface area (Å²) in [5.74, 6) is -2.65. The van der Waals surface area contributed by atoms with Crippen LogP contribution in [-0.4, -0.2) is 103 Å². The van der Waals surface area contributed by atoms with Gasteiger partial charge in [0.05, 0.1) is 13.2 Å². The first-order chi connectivity index (χ1) is 21.0. The van der Waals surface area contributed by atoms with E-state index in [1.54, 1.807) is 6.08 Å². The highest BCUT2D eigenvalue weighted by Crippen LogP contribution is 2.38. The second kappa shape index (κ2) is 16.3. The first kappa shape index (κ1) is 34.6. The molecule has 3 saturated carbocycles. The van der Waals surface area contributed by atoms with E-state index in [0.717, 1.165) is 44.9 Å². The number of rotatable bonds is 8. The van der Waals surface area contributed by atoms with Gasteiger partial charge in [0.1, 0.15) is 24.3 Å². The topological polar surface area (TPSA) is 99.2 Å². The van der Waals surface area contributed by atoms with E-state index in [0.29, 0.717) is 38.8 Å². The lowest BCUT2D eigenvalue weighted by atomic mass is 9.76. The molecule has 0 bridgehead atoms. The first-order valence-corrected chi connectivity index (χ1v) is 16.1. The molecule has 0 aromatic rings. The number of fused-ring (bicyclic) bond motifs is 1. The minimum Gasteiger partial charge on any atom is -0.480 e. The van der Waals surface area contributed by atoms with Gasteiger partial charge in [0.25, 0.3) is 0 Å². The molecular weight excluding hydrogens is 589 g/mol. The Balaban J connectivity index is 0.00000104. The highest BCUT2D eigenvalue weighted by Gasteiger charge is 2.45. The molecule has 2 N–H and O–H groups in total. The Kier molecular flexibility index (Phi) is 12.8. The molecule has 1 saturated heterocycles. The van der Waals surface area contributed by atoms with Crippen LogP contribution in [0.15, 0.2) is 12.2 Å². The summed E-state index contributed by atoms with van der Waals surface area (Å²) in [6.07, 6.45) is 8.86. The van der Waals surface area contributed by atoms with Gasteiger partial charge in [-0.3, -0.25) is 14.5 Å². The molecule has 7 unspecified atom stereocenters. The minimum absolute atomic E-state index is 0.0623. The Bertz CT molecular complexity index is 985. The lowest BCUT2D eigenvalue weighted by molar-refractivity contribution is -0.145. The second-order valence-electron chi connectivity index (χ2n) is 13.0. The Labute approximate surface area is 255 Å². The van der Waals surface area contributed by atoms with Gasteiger partial charge in [-0.15, -0.1) is 0 Å². The molecule has 8 nitrogen and oxygen atoms in total. The van der Waals surface area contributed by atoms with Crippen LogP contribution in [0.3, 0.4) is 0 Å². The van der Waals surface area contributed by atoms with E-state index in [1.165, 1.54) is 6.42 Å². The number of carbonyl (C=O) groups excluding carboxylic acids is 2. The molecule has 3 aliphatic carbocycles. The summed E-state index contributed by atoms with van der Waals surface area (Å²) in [4.78, 5) is 42.0. The van der Waals surface area contributed by atoms with Crippen LogP contribution in [0.4, 0.5) is 22.0 Å². The Morgan fingerprint density at radius 3 is 2.25 bits per heavy atom. The van der Waals surface area contributed by atoms with Crippen molar-refractivity contribution >= 4 is 17.8 Å². The zero-order valence-electron chi connectivity index (χ0n) is 25.1. The quantitative estimate of drug-likeness (QED) is 0.376. The largest absolute Gasteiger partial charge is 0.480 e. The van der Waals surface area contributed by atoms with Crippen molar-refractivity contribution in [2.45, 2.75) is 108 Å². The highest BCUT2D eigenvalue weighted by molar-refractivity contribution is 5.89. The Hall–Kier alpha value is -2.28. The number of carboxylic acids is 1. The van der Waals surface area contributed by atoms with Crippen molar-refractivity contribution in [3.63, 3.8) is 0 Å². The molecule has 2 heterocycles. The van der Waals surface area contributed by atoms with Crippen LogP contribution < -0.4 is 5.32 Å². The number of hydrogen-bond acceptors (Lipinski definition) is 5. The number of amides is 2. The summed E-state index contributed by atoms with van der Waals surface area (Å²) < 4.78 is 64.6. The average molecular weight is 636 g/mol. The molecule has 7 atom stereocenters. The van der Waals surface area contributed by atoms with E-state index in [4.69, 9.17) is 4.74 Å². The van der Waals surface area contributed by atoms with Crippen LogP contribution >= 0.6 is 0 Å². The molecule has 250 valence electrons. The number of nitrogens with one attached hydrogen (secondary N) is 1. The van der Waals surface area contributed by atoms with Crippen molar-refractivity contribution in [1.29, 1.82) is 0 Å². The third kappa shape index (κ3) is 9.37. The number of nitrogens with zero attached hydrogens (tertiary/aromatic N) is 2. The first-order valence-electron chi connectivity index (χ1n) is 16.1. The SMILES string of the molecule is FC(F)F.O=C(O)C(CC1CCCC(CN2C(=O)C=CC3CCCCC32)C1)NC(=O)C1C(F)CC(N2CCOCC2)CC1F. The van der Waals surface area contributed by atoms with Gasteiger partial charge in [0.2, 0.25) is 11.8 Å². The molecule has 2 amide bonds. The van der Waals surface area contributed by atoms with E-state index in [2.05, 4.69) is 11.4 Å². The molecule has 2 aliphatic heterocycles. The molecule has 5 aliphatic rings. The molecule has 5 rings (SSSR count). The smallest absolute Gasteiger partial charge is 0.379 e. The minimum atomic E-state index is -3.67. The summed E-state index contributed by atoms with van der Waals surface area (Å²) in [6, 6.07) is -1.20. The van der Waals surface area contributed by atoms with Crippen LogP contribution in [0.2, 0.25) is 0 Å². The van der Waals surface area contributed by atoms with Gasteiger partial charge in [0.15, 0.2) is 0 Å². The van der Waals surface area contributed by atoms with Crippen molar-refractivity contribution in [3.05, 3.63) is 12.2 Å². The maximum absolute atomic E-state index is 15.1. The van der Waals surface area contributed by atoms with Gasteiger partial charge in [-0.25, -0.2) is 13.6 Å². The van der Waals surface area contributed by atoms with Crippen LogP contribution in [0.1, 0.15) is 70.6 Å². The number of carboxylic acid groups (broad SMARTS) is 1. The summed E-state index contributed by atoms with van der Waals surface area (Å²) >= 11 is 0. The van der Waals surface area contributed by atoms with Crippen molar-refractivity contribution < 1.29 is 46.2 Å². The third-order valence-electron chi connectivity index (χ3n) is 10.1. The predicted octanol–water partition coefficient (Wildman–Crippen LogP) is 4.68. The third-order valence-corrected chi connectivity index (χ3v) is 10.1. The number of hydrogen-bond donors (Lipinski definition) is 2. The molecule has 0 aromatic heterocycles. The fraction of sp³-hybridized carbons (Fsp3) is 0.839.